The van der Waals surface area contributed by atoms with Gasteiger partial charge in [-0.25, -0.2) is 14.4 Å². The molecule has 0 atom stereocenters. The van der Waals surface area contributed by atoms with E-state index in [-0.39, 0.29) is 11.7 Å². The van der Waals surface area contributed by atoms with Crippen LogP contribution in [-0.4, -0.2) is 37.1 Å². The molecule has 0 amide bonds. The van der Waals surface area contributed by atoms with Gasteiger partial charge in [0.05, 0.1) is 16.0 Å². The second-order valence-corrected chi connectivity index (χ2v) is 6.89. The number of piperidine rings is 1. The van der Waals surface area contributed by atoms with Crippen molar-refractivity contribution in [2.45, 2.75) is 18.9 Å². The summed E-state index contributed by atoms with van der Waals surface area (Å²) in [6.07, 6.45) is 3.39. The SMILES string of the molecule is Cn1c(=O)c(=O)n(C2CCN(c3ncc([N+](=O)[O-])cn3)CC2)c2ccc(F)cc21. The van der Waals surface area contributed by atoms with Crippen molar-refractivity contribution in [3.8, 4) is 0 Å². The number of fused-ring (bicyclic) bond motifs is 1. The van der Waals surface area contributed by atoms with Gasteiger partial charge in [-0.1, -0.05) is 0 Å². The first-order valence-corrected chi connectivity index (χ1v) is 8.99. The van der Waals surface area contributed by atoms with Gasteiger partial charge < -0.3 is 9.47 Å². The number of aryl methyl sites for hydroxylation is 1. The molecule has 4 rings (SSSR count). The van der Waals surface area contributed by atoms with E-state index < -0.39 is 21.9 Å². The van der Waals surface area contributed by atoms with Crippen LogP contribution in [0, 0.1) is 15.9 Å². The number of hydrogen-bond acceptors (Lipinski definition) is 7. The minimum Gasteiger partial charge on any atom is -0.341 e. The molecular formula is C18H17FN6O4. The molecule has 0 N–H and O–H groups in total. The Bertz CT molecular complexity index is 1210. The number of halogens is 1. The predicted octanol–water partition coefficient (Wildman–Crippen LogP) is 1.38. The van der Waals surface area contributed by atoms with Gasteiger partial charge in [0.1, 0.15) is 18.2 Å². The van der Waals surface area contributed by atoms with Crippen LogP contribution in [-0.2, 0) is 7.05 Å². The number of hydrogen-bond donors (Lipinski definition) is 0. The van der Waals surface area contributed by atoms with Gasteiger partial charge in [-0.05, 0) is 31.0 Å². The summed E-state index contributed by atoms with van der Waals surface area (Å²) >= 11 is 0. The maximum Gasteiger partial charge on any atom is 0.317 e. The Balaban J connectivity index is 1.63. The van der Waals surface area contributed by atoms with Gasteiger partial charge in [0.15, 0.2) is 0 Å². The molecule has 0 radical (unpaired) electrons. The first kappa shape index (κ1) is 18.7. The molecule has 29 heavy (non-hydrogen) atoms. The van der Waals surface area contributed by atoms with Crippen LogP contribution in [0.4, 0.5) is 16.0 Å². The van der Waals surface area contributed by atoms with Gasteiger partial charge in [-0.3, -0.25) is 24.3 Å². The van der Waals surface area contributed by atoms with E-state index in [0.717, 1.165) is 17.0 Å². The lowest BCUT2D eigenvalue weighted by molar-refractivity contribution is -0.385. The highest BCUT2D eigenvalue weighted by molar-refractivity contribution is 5.75. The molecular weight excluding hydrogens is 383 g/mol. The third-order valence-corrected chi connectivity index (χ3v) is 5.21. The smallest absolute Gasteiger partial charge is 0.317 e. The van der Waals surface area contributed by atoms with Crippen LogP contribution >= 0.6 is 0 Å². The Morgan fingerprint density at radius 3 is 2.38 bits per heavy atom. The van der Waals surface area contributed by atoms with Crippen molar-refractivity contribution in [2.24, 2.45) is 7.05 Å². The lowest BCUT2D eigenvalue weighted by atomic mass is 10.0. The van der Waals surface area contributed by atoms with Crippen LogP contribution in [0.2, 0.25) is 0 Å². The van der Waals surface area contributed by atoms with E-state index in [4.69, 9.17) is 0 Å². The molecule has 1 aromatic carbocycles. The number of benzene rings is 1. The zero-order chi connectivity index (χ0) is 20.7. The van der Waals surface area contributed by atoms with Crippen LogP contribution in [0.3, 0.4) is 0 Å². The Labute approximate surface area is 163 Å². The van der Waals surface area contributed by atoms with Gasteiger partial charge in [-0.15, -0.1) is 0 Å². The van der Waals surface area contributed by atoms with Crippen LogP contribution < -0.4 is 16.0 Å². The highest BCUT2D eigenvalue weighted by atomic mass is 19.1. The van der Waals surface area contributed by atoms with Crippen molar-refractivity contribution < 1.29 is 9.31 Å². The molecule has 0 bridgehead atoms. The van der Waals surface area contributed by atoms with Crippen molar-refractivity contribution in [3.63, 3.8) is 0 Å². The third-order valence-electron chi connectivity index (χ3n) is 5.21. The summed E-state index contributed by atoms with van der Waals surface area (Å²) in [4.78, 5) is 45.1. The fourth-order valence-corrected chi connectivity index (χ4v) is 3.69. The number of anilines is 1. The molecule has 1 saturated heterocycles. The largest absolute Gasteiger partial charge is 0.341 e. The molecule has 1 aliphatic heterocycles. The van der Waals surface area contributed by atoms with E-state index in [0.29, 0.717) is 42.9 Å². The fraction of sp³-hybridized carbons (Fsp3) is 0.333. The predicted molar refractivity (Wildman–Crippen MR) is 103 cm³/mol. The van der Waals surface area contributed by atoms with E-state index >= 15 is 0 Å². The summed E-state index contributed by atoms with van der Waals surface area (Å²) in [5, 5.41) is 10.7. The number of nitro groups is 1. The van der Waals surface area contributed by atoms with Gasteiger partial charge in [0, 0.05) is 26.2 Å². The maximum atomic E-state index is 13.7. The minimum atomic E-state index is -0.704. The highest BCUT2D eigenvalue weighted by Crippen LogP contribution is 2.26. The minimum absolute atomic E-state index is 0.186. The molecule has 3 heterocycles. The van der Waals surface area contributed by atoms with Gasteiger partial charge in [0.2, 0.25) is 5.95 Å². The Kier molecular flexibility index (Phi) is 4.57. The number of nitrogens with zero attached hydrogens (tertiary/aromatic N) is 6. The molecule has 150 valence electrons. The topological polar surface area (TPSA) is 116 Å². The average Bonchev–Trinajstić information content (AvgIpc) is 2.73. The van der Waals surface area contributed by atoms with Crippen molar-refractivity contribution >= 4 is 22.7 Å². The zero-order valence-corrected chi connectivity index (χ0v) is 15.5. The van der Waals surface area contributed by atoms with Crippen LogP contribution in [0.25, 0.3) is 11.0 Å². The van der Waals surface area contributed by atoms with E-state index in [9.17, 15) is 24.1 Å². The van der Waals surface area contributed by atoms with Gasteiger partial charge in [0.25, 0.3) is 0 Å². The number of rotatable bonds is 3. The molecule has 1 aliphatic rings. The first-order chi connectivity index (χ1) is 13.9. The van der Waals surface area contributed by atoms with Crippen LogP contribution in [0.5, 0.6) is 0 Å². The van der Waals surface area contributed by atoms with Gasteiger partial charge in [-0.2, -0.15) is 0 Å². The second kappa shape index (κ2) is 7.08. The fourth-order valence-electron chi connectivity index (χ4n) is 3.69. The molecule has 0 saturated carbocycles. The molecule has 0 spiro atoms. The molecule has 0 unspecified atom stereocenters. The summed E-state index contributed by atoms with van der Waals surface area (Å²) < 4.78 is 16.3. The Morgan fingerprint density at radius 1 is 1.10 bits per heavy atom. The monoisotopic (exact) mass is 400 g/mol. The molecule has 2 aromatic heterocycles. The summed E-state index contributed by atoms with van der Waals surface area (Å²) in [7, 11) is 1.45. The summed E-state index contributed by atoms with van der Waals surface area (Å²) in [6, 6.07) is 3.78. The molecule has 11 heteroatoms. The van der Waals surface area contributed by atoms with Crippen LogP contribution in [0.15, 0.2) is 40.2 Å². The molecule has 0 aliphatic carbocycles. The molecule has 1 fully saturated rings. The Morgan fingerprint density at radius 2 is 1.76 bits per heavy atom. The van der Waals surface area contributed by atoms with Crippen LogP contribution in [0.1, 0.15) is 18.9 Å². The standard InChI is InChI=1S/C18H17FN6O4/c1-22-15-8-11(19)2-3-14(15)24(17(27)16(22)26)12-4-6-23(7-5-12)18-20-9-13(10-21-18)25(28)29/h2-3,8-10,12H,4-7H2,1H3. The van der Waals surface area contributed by atoms with E-state index in [2.05, 4.69) is 9.97 Å². The quantitative estimate of drug-likeness (QED) is 0.370. The Hall–Kier alpha value is -3.63. The van der Waals surface area contributed by atoms with Crippen molar-refractivity contribution in [2.75, 3.05) is 18.0 Å². The number of aromatic nitrogens is 4. The third kappa shape index (κ3) is 3.24. The van der Waals surface area contributed by atoms with E-state index in [1.165, 1.54) is 29.8 Å². The maximum absolute atomic E-state index is 13.7. The summed E-state index contributed by atoms with van der Waals surface area (Å²) in [5.41, 5.74) is -0.672. The lowest BCUT2D eigenvalue weighted by Gasteiger charge is -2.33. The summed E-state index contributed by atoms with van der Waals surface area (Å²) in [5.74, 6) is -0.111. The summed E-state index contributed by atoms with van der Waals surface area (Å²) in [6.45, 7) is 1.01. The average molecular weight is 400 g/mol. The highest BCUT2D eigenvalue weighted by Gasteiger charge is 2.26. The lowest BCUT2D eigenvalue weighted by Crippen LogP contribution is -2.45. The molecule has 10 nitrogen and oxygen atoms in total. The normalized spacial score (nSPS) is 15.0. The first-order valence-electron chi connectivity index (χ1n) is 8.99. The second-order valence-electron chi connectivity index (χ2n) is 6.89. The van der Waals surface area contributed by atoms with Gasteiger partial charge >= 0.3 is 16.8 Å². The van der Waals surface area contributed by atoms with Crippen molar-refractivity contribution in [3.05, 3.63) is 67.2 Å². The van der Waals surface area contributed by atoms with Crippen molar-refractivity contribution in [1.82, 2.24) is 19.1 Å². The zero-order valence-electron chi connectivity index (χ0n) is 15.5. The van der Waals surface area contributed by atoms with E-state index in [1.54, 1.807) is 0 Å². The molecule has 3 aromatic rings. The van der Waals surface area contributed by atoms with E-state index in [1.807, 2.05) is 4.90 Å². The van der Waals surface area contributed by atoms with Crippen molar-refractivity contribution in [1.29, 1.82) is 0 Å².